The van der Waals surface area contributed by atoms with Gasteiger partial charge in [0.25, 0.3) is 0 Å². The van der Waals surface area contributed by atoms with Gasteiger partial charge in [-0.25, -0.2) is 8.42 Å². The molecule has 1 saturated carbocycles. The second-order valence-electron chi connectivity index (χ2n) is 5.96. The molecule has 6 heteroatoms. The van der Waals surface area contributed by atoms with E-state index < -0.39 is 15.6 Å². The molecule has 1 aliphatic carbocycles. The van der Waals surface area contributed by atoms with Crippen LogP contribution >= 0.6 is 11.6 Å². The number of halogens is 1. The van der Waals surface area contributed by atoms with Crippen molar-refractivity contribution < 1.29 is 13.2 Å². The van der Waals surface area contributed by atoms with Crippen LogP contribution in [-0.2, 0) is 20.4 Å². The molecule has 0 atom stereocenters. The number of hydrogen-bond acceptors (Lipinski definition) is 3. The number of sulfone groups is 1. The van der Waals surface area contributed by atoms with Crippen molar-refractivity contribution >= 4 is 27.3 Å². The first kappa shape index (κ1) is 17.3. The van der Waals surface area contributed by atoms with Crippen LogP contribution in [0.15, 0.2) is 24.3 Å². The number of carbonyl (C=O) groups is 1. The Balaban J connectivity index is 1.97. The second-order valence-corrected chi connectivity index (χ2v) is 8.46. The molecule has 1 aromatic rings. The minimum atomic E-state index is -3.48. The monoisotopic (exact) mass is 343 g/mol. The van der Waals surface area contributed by atoms with E-state index in [9.17, 15) is 13.2 Å². The van der Waals surface area contributed by atoms with E-state index in [0.29, 0.717) is 10.6 Å². The minimum absolute atomic E-state index is 0.155. The third-order valence-corrected chi connectivity index (χ3v) is 5.83. The fourth-order valence-electron chi connectivity index (χ4n) is 2.89. The van der Waals surface area contributed by atoms with Gasteiger partial charge in [0.05, 0.1) is 5.75 Å². The van der Waals surface area contributed by atoms with Crippen LogP contribution in [0.4, 0.5) is 0 Å². The average molecular weight is 344 g/mol. The van der Waals surface area contributed by atoms with Gasteiger partial charge in [0.1, 0.15) is 5.75 Å². The highest BCUT2D eigenvalue weighted by Gasteiger charge is 2.26. The molecule has 0 heterocycles. The summed E-state index contributed by atoms with van der Waals surface area (Å²) >= 11 is 5.86. The molecule has 1 amide bonds. The first-order chi connectivity index (χ1) is 10.4. The highest BCUT2D eigenvalue weighted by atomic mass is 35.5. The molecular formula is C16H22ClNO3S. The molecule has 0 saturated heterocycles. The van der Waals surface area contributed by atoms with Gasteiger partial charge in [-0.15, -0.1) is 0 Å². The zero-order chi connectivity index (χ0) is 16.2. The summed E-state index contributed by atoms with van der Waals surface area (Å²) in [5.41, 5.74) is 0.612. The summed E-state index contributed by atoms with van der Waals surface area (Å²) in [6.45, 7) is 0. The first-order valence-electron chi connectivity index (χ1n) is 7.58. The fourth-order valence-corrected chi connectivity index (χ4v) is 4.48. The number of amides is 1. The van der Waals surface area contributed by atoms with Gasteiger partial charge in [0.2, 0.25) is 5.91 Å². The maximum absolute atomic E-state index is 12.2. The van der Waals surface area contributed by atoms with Crippen molar-refractivity contribution in [2.75, 3.05) is 12.8 Å². The highest BCUT2D eigenvalue weighted by Crippen LogP contribution is 2.22. The summed E-state index contributed by atoms with van der Waals surface area (Å²) in [7, 11) is -1.77. The van der Waals surface area contributed by atoms with Gasteiger partial charge in [-0.3, -0.25) is 4.79 Å². The zero-order valence-electron chi connectivity index (χ0n) is 12.8. The van der Waals surface area contributed by atoms with Gasteiger partial charge in [0.15, 0.2) is 9.84 Å². The molecular weight excluding hydrogens is 322 g/mol. The normalized spacial score (nSPS) is 16.5. The molecule has 1 aromatic carbocycles. The number of nitrogens with zero attached hydrogens (tertiary/aromatic N) is 1. The van der Waals surface area contributed by atoms with Crippen LogP contribution in [0, 0.1) is 0 Å². The predicted octanol–water partition coefficient (Wildman–Crippen LogP) is 3.05. The Morgan fingerprint density at radius 1 is 1.27 bits per heavy atom. The molecule has 0 radical (unpaired) electrons. The van der Waals surface area contributed by atoms with E-state index in [0.717, 1.165) is 25.7 Å². The smallest absolute Gasteiger partial charge is 0.237 e. The van der Waals surface area contributed by atoms with E-state index >= 15 is 0 Å². The van der Waals surface area contributed by atoms with Crippen LogP contribution in [0.2, 0.25) is 5.02 Å². The van der Waals surface area contributed by atoms with E-state index in [4.69, 9.17) is 11.6 Å². The third-order valence-electron chi connectivity index (χ3n) is 4.13. The summed E-state index contributed by atoms with van der Waals surface area (Å²) in [5.74, 6) is -0.904. The lowest BCUT2D eigenvalue weighted by Crippen LogP contribution is -2.41. The fraction of sp³-hybridized carbons (Fsp3) is 0.562. The maximum atomic E-state index is 12.2. The number of carbonyl (C=O) groups excluding carboxylic acids is 1. The number of rotatable bonds is 5. The van der Waals surface area contributed by atoms with E-state index in [2.05, 4.69) is 0 Å². The molecule has 0 aliphatic heterocycles. The van der Waals surface area contributed by atoms with Crippen LogP contribution in [-0.4, -0.2) is 38.1 Å². The van der Waals surface area contributed by atoms with Gasteiger partial charge in [0, 0.05) is 18.1 Å². The van der Waals surface area contributed by atoms with E-state index in [1.807, 2.05) is 0 Å². The zero-order valence-corrected chi connectivity index (χ0v) is 14.4. The molecule has 0 bridgehead atoms. The summed E-state index contributed by atoms with van der Waals surface area (Å²) in [4.78, 5) is 13.9. The molecule has 0 unspecified atom stereocenters. The lowest BCUT2D eigenvalue weighted by molar-refractivity contribution is -0.129. The molecule has 0 aromatic heterocycles. The summed E-state index contributed by atoms with van der Waals surface area (Å²) in [6.07, 6.45) is 5.36. The SMILES string of the molecule is CN(C(=O)CS(=O)(=O)Cc1cccc(Cl)c1)C1CCCCC1. The molecule has 0 N–H and O–H groups in total. The van der Waals surface area contributed by atoms with Gasteiger partial charge >= 0.3 is 0 Å². The molecule has 122 valence electrons. The average Bonchev–Trinajstić information content (AvgIpc) is 2.46. The van der Waals surface area contributed by atoms with Crippen molar-refractivity contribution in [2.45, 2.75) is 43.9 Å². The molecule has 2 rings (SSSR count). The quantitative estimate of drug-likeness (QED) is 0.825. The van der Waals surface area contributed by atoms with Crippen LogP contribution in [0.1, 0.15) is 37.7 Å². The first-order valence-corrected chi connectivity index (χ1v) is 9.78. The van der Waals surface area contributed by atoms with Crippen LogP contribution in [0.3, 0.4) is 0 Å². The highest BCUT2D eigenvalue weighted by molar-refractivity contribution is 7.91. The largest absolute Gasteiger partial charge is 0.342 e. The minimum Gasteiger partial charge on any atom is -0.342 e. The molecule has 22 heavy (non-hydrogen) atoms. The van der Waals surface area contributed by atoms with Crippen molar-refractivity contribution in [3.8, 4) is 0 Å². The van der Waals surface area contributed by atoms with Crippen LogP contribution in [0.5, 0.6) is 0 Å². The van der Waals surface area contributed by atoms with Crippen molar-refractivity contribution in [1.82, 2.24) is 4.90 Å². The van der Waals surface area contributed by atoms with E-state index in [1.54, 1.807) is 36.2 Å². The summed E-state index contributed by atoms with van der Waals surface area (Å²) in [5, 5.41) is 0.498. The summed E-state index contributed by atoms with van der Waals surface area (Å²) < 4.78 is 24.4. The Morgan fingerprint density at radius 3 is 2.59 bits per heavy atom. The number of benzene rings is 1. The Morgan fingerprint density at radius 2 is 1.95 bits per heavy atom. The topological polar surface area (TPSA) is 54.5 Å². The van der Waals surface area contributed by atoms with Gasteiger partial charge in [-0.05, 0) is 30.5 Å². The van der Waals surface area contributed by atoms with Crippen molar-refractivity contribution in [2.24, 2.45) is 0 Å². The van der Waals surface area contributed by atoms with Gasteiger partial charge < -0.3 is 4.90 Å². The van der Waals surface area contributed by atoms with Crippen LogP contribution in [0.25, 0.3) is 0 Å². The third kappa shape index (κ3) is 4.99. The van der Waals surface area contributed by atoms with Crippen molar-refractivity contribution in [3.63, 3.8) is 0 Å². The Kier molecular flexibility index (Phi) is 5.87. The molecule has 0 spiro atoms. The lowest BCUT2D eigenvalue weighted by atomic mass is 9.94. The Labute approximate surface area is 137 Å². The predicted molar refractivity (Wildman–Crippen MR) is 88.6 cm³/mol. The Bertz CT molecular complexity index is 624. The van der Waals surface area contributed by atoms with E-state index in [1.165, 1.54) is 6.42 Å². The standard InChI is InChI=1S/C16H22ClNO3S/c1-18(15-8-3-2-4-9-15)16(19)12-22(20,21)11-13-6-5-7-14(17)10-13/h5-7,10,15H,2-4,8-9,11-12H2,1H3. The maximum Gasteiger partial charge on any atom is 0.237 e. The Hall–Kier alpha value is -1.07. The van der Waals surface area contributed by atoms with Crippen molar-refractivity contribution in [1.29, 1.82) is 0 Å². The number of hydrogen-bond donors (Lipinski definition) is 0. The van der Waals surface area contributed by atoms with Gasteiger partial charge in [-0.2, -0.15) is 0 Å². The lowest BCUT2D eigenvalue weighted by Gasteiger charge is -2.31. The van der Waals surface area contributed by atoms with Crippen LogP contribution < -0.4 is 0 Å². The molecule has 1 fully saturated rings. The molecule has 1 aliphatic rings. The van der Waals surface area contributed by atoms with Gasteiger partial charge in [-0.1, -0.05) is 43.0 Å². The molecule has 4 nitrogen and oxygen atoms in total. The summed E-state index contributed by atoms with van der Waals surface area (Å²) in [6, 6.07) is 6.92. The van der Waals surface area contributed by atoms with E-state index in [-0.39, 0.29) is 17.7 Å². The second kappa shape index (κ2) is 7.47. The van der Waals surface area contributed by atoms with Crippen molar-refractivity contribution in [3.05, 3.63) is 34.9 Å².